The van der Waals surface area contributed by atoms with Crippen LogP contribution >= 0.6 is 0 Å². The number of likely N-dealkylation sites (N-methyl/N-ethyl adjacent to an activating group) is 1. The van der Waals surface area contributed by atoms with E-state index < -0.39 is 36.4 Å². The van der Waals surface area contributed by atoms with Crippen LogP contribution in [0.5, 0.6) is 0 Å². The molecule has 5 atom stereocenters. The number of hydrogen-bond donors (Lipinski definition) is 2. The van der Waals surface area contributed by atoms with Crippen LogP contribution in [0.15, 0.2) is 30.3 Å². The molecule has 0 radical (unpaired) electrons. The van der Waals surface area contributed by atoms with E-state index in [0.29, 0.717) is 5.56 Å². The minimum atomic E-state index is -0.950. The number of esters is 1. The van der Waals surface area contributed by atoms with Crippen LogP contribution in [0, 0.1) is 5.92 Å². The molecule has 0 aliphatic carbocycles. The van der Waals surface area contributed by atoms with Gasteiger partial charge in [0.15, 0.2) is 0 Å². The highest BCUT2D eigenvalue weighted by molar-refractivity contribution is 5.89. The third-order valence-electron chi connectivity index (χ3n) is 4.39. The van der Waals surface area contributed by atoms with E-state index in [0.717, 1.165) is 0 Å². The van der Waals surface area contributed by atoms with Gasteiger partial charge >= 0.3 is 5.97 Å². The molecule has 1 aliphatic heterocycles. The van der Waals surface area contributed by atoms with E-state index in [2.05, 4.69) is 0 Å². The van der Waals surface area contributed by atoms with Crippen molar-refractivity contribution in [3.05, 3.63) is 35.9 Å². The van der Waals surface area contributed by atoms with Crippen molar-refractivity contribution in [2.24, 2.45) is 5.92 Å². The minimum Gasteiger partial charge on any atom is -0.459 e. The van der Waals surface area contributed by atoms with Crippen LogP contribution in [0.4, 0.5) is 0 Å². The van der Waals surface area contributed by atoms with Crippen molar-refractivity contribution in [1.29, 1.82) is 0 Å². The largest absolute Gasteiger partial charge is 0.459 e. The predicted octanol–water partition coefficient (Wildman–Crippen LogP) is 0.919. The molecule has 0 bridgehead atoms. The van der Waals surface area contributed by atoms with E-state index >= 15 is 0 Å². The third kappa shape index (κ3) is 4.13. The fourth-order valence-electron chi connectivity index (χ4n) is 3.09. The summed E-state index contributed by atoms with van der Waals surface area (Å²) in [6.45, 7) is 3.84. The summed E-state index contributed by atoms with van der Waals surface area (Å²) in [5.74, 6) is -0.387. The lowest BCUT2D eigenvalue weighted by Crippen LogP contribution is -2.64. The van der Waals surface area contributed by atoms with Crippen LogP contribution in [-0.2, 0) is 9.47 Å². The van der Waals surface area contributed by atoms with Gasteiger partial charge in [-0.1, -0.05) is 32.0 Å². The van der Waals surface area contributed by atoms with Crippen LogP contribution in [0.2, 0.25) is 0 Å². The van der Waals surface area contributed by atoms with Crippen molar-refractivity contribution in [1.82, 2.24) is 4.90 Å². The molecule has 24 heavy (non-hydrogen) atoms. The lowest BCUT2D eigenvalue weighted by atomic mass is 9.87. The molecule has 6 nitrogen and oxygen atoms in total. The Balaban J connectivity index is 2.06. The molecule has 2 N–H and O–H groups in total. The van der Waals surface area contributed by atoms with Crippen molar-refractivity contribution in [3.8, 4) is 0 Å². The van der Waals surface area contributed by atoms with Gasteiger partial charge in [0.25, 0.3) is 0 Å². The average molecular weight is 337 g/mol. The van der Waals surface area contributed by atoms with Gasteiger partial charge in [0.05, 0.1) is 23.8 Å². The first-order valence-corrected chi connectivity index (χ1v) is 8.23. The number of rotatable bonds is 5. The zero-order chi connectivity index (χ0) is 17.9. The van der Waals surface area contributed by atoms with Gasteiger partial charge in [0, 0.05) is 0 Å². The standard InChI is InChI=1S/C18H27NO5/c1-11(2)17-16(21)14(19(3)4)15(20)13(24-17)10-23-18(22)12-8-6-5-7-9-12/h5-9,11,13-17,20-21H,10H2,1-4H3/t13-,14+,15-,16-,17?/m1/s1. The molecule has 1 heterocycles. The fourth-order valence-corrected chi connectivity index (χ4v) is 3.09. The van der Waals surface area contributed by atoms with Gasteiger partial charge in [-0.25, -0.2) is 4.79 Å². The molecule has 0 amide bonds. The monoisotopic (exact) mass is 337 g/mol. The maximum absolute atomic E-state index is 12.1. The van der Waals surface area contributed by atoms with Crippen molar-refractivity contribution in [2.75, 3.05) is 20.7 Å². The van der Waals surface area contributed by atoms with Gasteiger partial charge in [-0.2, -0.15) is 0 Å². The Morgan fingerprint density at radius 2 is 1.83 bits per heavy atom. The molecule has 1 unspecified atom stereocenters. The normalized spacial score (nSPS) is 30.6. The molecule has 1 saturated heterocycles. The Kier molecular flexibility index (Phi) is 6.34. The smallest absolute Gasteiger partial charge is 0.338 e. The van der Waals surface area contributed by atoms with Crippen LogP contribution < -0.4 is 0 Å². The molecule has 0 saturated carbocycles. The second kappa shape index (κ2) is 8.07. The summed E-state index contributed by atoms with van der Waals surface area (Å²) in [6.07, 6.45) is -2.87. The molecule has 0 aromatic heterocycles. The minimum absolute atomic E-state index is 0.0603. The molecule has 1 aromatic rings. The summed E-state index contributed by atoms with van der Waals surface area (Å²) in [5, 5.41) is 21.0. The second-order valence-corrected chi connectivity index (χ2v) is 6.78. The summed E-state index contributed by atoms with van der Waals surface area (Å²) < 4.78 is 11.1. The molecule has 2 rings (SSSR count). The Labute approximate surface area is 143 Å². The Morgan fingerprint density at radius 1 is 1.21 bits per heavy atom. The Morgan fingerprint density at radius 3 is 2.38 bits per heavy atom. The number of ether oxygens (including phenoxy) is 2. The molecule has 6 heteroatoms. The van der Waals surface area contributed by atoms with E-state index in [1.165, 1.54) is 0 Å². The lowest BCUT2D eigenvalue weighted by molar-refractivity contribution is -0.219. The Bertz CT molecular complexity index is 533. The number of nitrogens with zero attached hydrogens (tertiary/aromatic N) is 1. The van der Waals surface area contributed by atoms with E-state index in [-0.39, 0.29) is 12.5 Å². The van der Waals surface area contributed by atoms with Gasteiger partial charge in [0.2, 0.25) is 0 Å². The highest BCUT2D eigenvalue weighted by atomic mass is 16.6. The predicted molar refractivity (Wildman–Crippen MR) is 89.7 cm³/mol. The molecule has 1 fully saturated rings. The summed E-state index contributed by atoms with van der Waals surface area (Å²) in [7, 11) is 3.60. The van der Waals surface area contributed by atoms with Gasteiger partial charge in [0.1, 0.15) is 18.8 Å². The molecular weight excluding hydrogens is 310 g/mol. The van der Waals surface area contributed by atoms with E-state index in [9.17, 15) is 15.0 Å². The lowest BCUT2D eigenvalue weighted by Gasteiger charge is -2.46. The third-order valence-corrected chi connectivity index (χ3v) is 4.39. The SMILES string of the molecule is CC(C)C1O[C@H](COC(=O)c2ccccc2)[C@@H](O)[C@H](N(C)C)[C@H]1O. The van der Waals surface area contributed by atoms with E-state index in [1.807, 2.05) is 19.9 Å². The van der Waals surface area contributed by atoms with Crippen LogP contribution in [-0.4, -0.2) is 72.2 Å². The first kappa shape index (κ1) is 18.9. The number of carbonyl (C=O) groups is 1. The van der Waals surface area contributed by atoms with Crippen LogP contribution in [0.1, 0.15) is 24.2 Å². The summed E-state index contributed by atoms with van der Waals surface area (Å²) in [4.78, 5) is 13.8. The van der Waals surface area contributed by atoms with Gasteiger partial charge < -0.3 is 24.6 Å². The van der Waals surface area contributed by atoms with Gasteiger partial charge in [-0.15, -0.1) is 0 Å². The molecule has 1 aliphatic rings. The van der Waals surface area contributed by atoms with Gasteiger partial charge in [-0.3, -0.25) is 0 Å². The van der Waals surface area contributed by atoms with Crippen molar-refractivity contribution in [3.63, 3.8) is 0 Å². The summed E-state index contributed by atoms with van der Waals surface area (Å²) >= 11 is 0. The molecule has 134 valence electrons. The maximum atomic E-state index is 12.1. The zero-order valence-corrected chi connectivity index (χ0v) is 14.6. The topological polar surface area (TPSA) is 79.2 Å². The Hall–Kier alpha value is -1.47. The van der Waals surface area contributed by atoms with Crippen molar-refractivity contribution in [2.45, 2.75) is 44.3 Å². The number of aliphatic hydroxyl groups excluding tert-OH is 2. The maximum Gasteiger partial charge on any atom is 0.338 e. The number of aliphatic hydroxyl groups is 2. The van der Waals surface area contributed by atoms with E-state index in [1.54, 1.807) is 43.3 Å². The summed E-state index contributed by atoms with van der Waals surface area (Å²) in [5.41, 5.74) is 0.451. The second-order valence-electron chi connectivity index (χ2n) is 6.78. The van der Waals surface area contributed by atoms with E-state index in [4.69, 9.17) is 9.47 Å². The highest BCUT2D eigenvalue weighted by Crippen LogP contribution is 2.28. The number of hydrogen-bond acceptors (Lipinski definition) is 6. The summed E-state index contributed by atoms with van der Waals surface area (Å²) in [6, 6.07) is 8.20. The zero-order valence-electron chi connectivity index (χ0n) is 14.6. The average Bonchev–Trinajstić information content (AvgIpc) is 2.54. The first-order chi connectivity index (χ1) is 11.3. The van der Waals surface area contributed by atoms with Crippen LogP contribution in [0.25, 0.3) is 0 Å². The quantitative estimate of drug-likeness (QED) is 0.778. The van der Waals surface area contributed by atoms with Crippen molar-refractivity contribution >= 4 is 5.97 Å². The highest BCUT2D eigenvalue weighted by Gasteiger charge is 2.46. The van der Waals surface area contributed by atoms with Crippen LogP contribution in [0.3, 0.4) is 0 Å². The number of benzene rings is 1. The molecule has 0 spiro atoms. The fraction of sp³-hybridized carbons (Fsp3) is 0.611. The van der Waals surface area contributed by atoms with Crippen molar-refractivity contribution < 1.29 is 24.5 Å². The first-order valence-electron chi connectivity index (χ1n) is 8.23. The van der Waals surface area contributed by atoms with Gasteiger partial charge in [-0.05, 0) is 32.1 Å². The molecular formula is C18H27NO5. The number of carbonyl (C=O) groups excluding carboxylic acids is 1. The molecule has 1 aromatic carbocycles.